The Labute approximate surface area is 147 Å². The molecule has 0 bridgehead atoms. The van der Waals surface area contributed by atoms with Crippen molar-refractivity contribution >= 4 is 5.91 Å². The van der Waals surface area contributed by atoms with Crippen LogP contribution in [-0.2, 0) is 18.2 Å². The van der Waals surface area contributed by atoms with Gasteiger partial charge in [-0.1, -0.05) is 24.3 Å². The summed E-state index contributed by atoms with van der Waals surface area (Å²) in [6, 6.07) is 11.4. The van der Waals surface area contributed by atoms with Crippen molar-refractivity contribution in [3.05, 3.63) is 69.6 Å². The summed E-state index contributed by atoms with van der Waals surface area (Å²) in [5.41, 5.74) is 3.06. The number of rotatable bonds is 6. The summed E-state index contributed by atoms with van der Waals surface area (Å²) in [5, 5.41) is 2.87. The Morgan fingerprint density at radius 1 is 1.28 bits per heavy atom. The van der Waals surface area contributed by atoms with Gasteiger partial charge in [0.1, 0.15) is 0 Å². The monoisotopic (exact) mass is 340 g/mol. The molecule has 1 heterocycles. The van der Waals surface area contributed by atoms with Gasteiger partial charge in [-0.05, 0) is 42.9 Å². The Bertz CT molecular complexity index is 798. The average molecular weight is 340 g/mol. The Hall–Kier alpha value is -2.40. The van der Waals surface area contributed by atoms with Crippen molar-refractivity contribution in [2.75, 3.05) is 13.2 Å². The van der Waals surface area contributed by atoms with Gasteiger partial charge in [-0.25, -0.2) is 0 Å². The molecule has 1 N–H and O–H groups in total. The van der Waals surface area contributed by atoms with Crippen molar-refractivity contribution in [3.63, 3.8) is 0 Å². The van der Waals surface area contributed by atoms with E-state index < -0.39 is 0 Å². The number of benzene rings is 1. The second-order valence-corrected chi connectivity index (χ2v) is 6.43. The molecule has 0 saturated carbocycles. The second-order valence-electron chi connectivity index (χ2n) is 6.43. The third-order valence-corrected chi connectivity index (χ3v) is 4.59. The van der Waals surface area contributed by atoms with Gasteiger partial charge in [-0.2, -0.15) is 0 Å². The molecule has 3 rings (SSSR count). The van der Waals surface area contributed by atoms with E-state index in [0.717, 1.165) is 25.7 Å². The number of aryl methyl sites for hydroxylation is 2. The molecule has 0 radical (unpaired) electrons. The molecule has 0 aliphatic heterocycles. The second kappa shape index (κ2) is 8.12. The van der Waals surface area contributed by atoms with E-state index in [0.29, 0.717) is 18.7 Å². The van der Waals surface area contributed by atoms with Crippen LogP contribution in [0.1, 0.15) is 46.9 Å². The van der Waals surface area contributed by atoms with Gasteiger partial charge in [0, 0.05) is 32.5 Å². The number of pyridine rings is 1. The molecule has 0 fully saturated rings. The Morgan fingerprint density at radius 3 is 2.96 bits per heavy atom. The molecule has 0 unspecified atom stereocenters. The third kappa shape index (κ3) is 4.37. The molecule has 1 amide bonds. The number of hydrogen-bond donors (Lipinski definition) is 1. The Kier molecular flexibility index (Phi) is 5.66. The lowest BCUT2D eigenvalue weighted by Gasteiger charge is -2.25. The van der Waals surface area contributed by atoms with Crippen LogP contribution in [-0.4, -0.2) is 23.6 Å². The highest BCUT2D eigenvalue weighted by molar-refractivity contribution is 5.93. The zero-order chi connectivity index (χ0) is 17.6. The first-order valence-corrected chi connectivity index (χ1v) is 8.79. The first-order valence-electron chi connectivity index (χ1n) is 8.79. The van der Waals surface area contributed by atoms with Crippen molar-refractivity contribution < 1.29 is 9.53 Å². The molecular weight excluding hydrogens is 316 g/mol. The van der Waals surface area contributed by atoms with Crippen LogP contribution in [0.3, 0.4) is 0 Å². The molecule has 25 heavy (non-hydrogen) atoms. The Balaban J connectivity index is 1.43. The maximum Gasteiger partial charge on any atom is 0.252 e. The molecule has 2 aromatic rings. The first-order chi connectivity index (χ1) is 12.1. The lowest BCUT2D eigenvalue weighted by molar-refractivity contribution is 0.0393. The highest BCUT2D eigenvalue weighted by Crippen LogP contribution is 2.32. The summed E-state index contributed by atoms with van der Waals surface area (Å²) >= 11 is 0. The van der Waals surface area contributed by atoms with Crippen LogP contribution in [0.4, 0.5) is 0 Å². The molecular formula is C20H24N2O3. The van der Waals surface area contributed by atoms with Crippen LogP contribution in [0, 0.1) is 0 Å². The van der Waals surface area contributed by atoms with Gasteiger partial charge in [0.2, 0.25) is 5.56 Å². The Morgan fingerprint density at radius 2 is 2.12 bits per heavy atom. The summed E-state index contributed by atoms with van der Waals surface area (Å²) in [4.78, 5) is 23.4. The SMILES string of the molecule is Cn1cc(C(=O)NCCCO[C@H]2CCCc3ccccc32)ccc1=O. The maximum absolute atomic E-state index is 12.1. The number of carbonyl (C=O) groups is 1. The van der Waals surface area contributed by atoms with Gasteiger partial charge < -0.3 is 14.6 Å². The number of carbonyl (C=O) groups excluding carboxylic acids is 1. The quantitative estimate of drug-likeness (QED) is 0.822. The van der Waals surface area contributed by atoms with Crippen LogP contribution < -0.4 is 10.9 Å². The van der Waals surface area contributed by atoms with Gasteiger partial charge in [0.15, 0.2) is 0 Å². The normalized spacial score (nSPS) is 16.3. The van der Waals surface area contributed by atoms with Crippen LogP contribution in [0.15, 0.2) is 47.4 Å². The highest BCUT2D eigenvalue weighted by Gasteiger charge is 2.19. The van der Waals surface area contributed by atoms with E-state index in [4.69, 9.17) is 4.74 Å². The van der Waals surface area contributed by atoms with Crippen LogP contribution in [0.5, 0.6) is 0 Å². The number of nitrogens with one attached hydrogen (secondary N) is 1. The van der Waals surface area contributed by atoms with Crippen LogP contribution >= 0.6 is 0 Å². The highest BCUT2D eigenvalue weighted by atomic mass is 16.5. The minimum atomic E-state index is -0.168. The van der Waals surface area contributed by atoms with Crippen molar-refractivity contribution in [2.45, 2.75) is 31.8 Å². The summed E-state index contributed by atoms with van der Waals surface area (Å²) in [7, 11) is 1.63. The fourth-order valence-corrected chi connectivity index (χ4v) is 3.21. The van der Waals surface area contributed by atoms with Gasteiger partial charge in [0.05, 0.1) is 11.7 Å². The fraction of sp³-hybridized carbons (Fsp3) is 0.400. The predicted octanol–water partition coefficient (Wildman–Crippen LogP) is 2.60. The molecule has 1 aliphatic rings. The zero-order valence-corrected chi connectivity index (χ0v) is 14.5. The fourth-order valence-electron chi connectivity index (χ4n) is 3.21. The molecule has 1 aliphatic carbocycles. The van der Waals surface area contributed by atoms with Crippen molar-refractivity contribution in [3.8, 4) is 0 Å². The molecule has 1 aromatic heterocycles. The molecule has 1 atom stereocenters. The molecule has 0 spiro atoms. The van der Waals surface area contributed by atoms with Crippen molar-refractivity contribution in [2.24, 2.45) is 7.05 Å². The molecule has 0 saturated heterocycles. The smallest absolute Gasteiger partial charge is 0.252 e. The van der Waals surface area contributed by atoms with Gasteiger partial charge in [0.25, 0.3) is 5.91 Å². The molecule has 132 valence electrons. The lowest BCUT2D eigenvalue weighted by Crippen LogP contribution is -2.27. The number of aromatic nitrogens is 1. The number of hydrogen-bond acceptors (Lipinski definition) is 3. The topological polar surface area (TPSA) is 60.3 Å². The molecule has 5 nitrogen and oxygen atoms in total. The van der Waals surface area contributed by atoms with E-state index in [-0.39, 0.29) is 17.6 Å². The van der Waals surface area contributed by atoms with Gasteiger partial charge in [-0.3, -0.25) is 9.59 Å². The summed E-state index contributed by atoms with van der Waals surface area (Å²) in [6.45, 7) is 1.17. The molecule has 5 heteroatoms. The first kappa shape index (κ1) is 17.4. The van der Waals surface area contributed by atoms with Crippen LogP contribution in [0.2, 0.25) is 0 Å². The number of fused-ring (bicyclic) bond motifs is 1. The minimum Gasteiger partial charge on any atom is -0.373 e. The lowest BCUT2D eigenvalue weighted by atomic mass is 9.89. The third-order valence-electron chi connectivity index (χ3n) is 4.59. The summed E-state index contributed by atoms with van der Waals surface area (Å²) in [6.07, 6.45) is 5.82. The van der Waals surface area contributed by atoms with E-state index in [1.54, 1.807) is 19.3 Å². The van der Waals surface area contributed by atoms with Gasteiger partial charge in [-0.15, -0.1) is 0 Å². The van der Waals surface area contributed by atoms with Gasteiger partial charge >= 0.3 is 0 Å². The summed E-state index contributed by atoms with van der Waals surface area (Å²) in [5.74, 6) is -0.168. The standard InChI is InChI=1S/C20H24N2O3/c1-22-14-16(10-11-19(22)23)20(24)21-12-5-13-25-18-9-4-7-15-6-2-3-8-17(15)18/h2-3,6,8,10-11,14,18H,4-5,7,9,12-13H2,1H3,(H,21,24)/t18-/m0/s1. The van der Waals surface area contributed by atoms with Crippen molar-refractivity contribution in [1.29, 1.82) is 0 Å². The number of nitrogens with zero attached hydrogens (tertiary/aromatic N) is 1. The van der Waals surface area contributed by atoms with Crippen molar-refractivity contribution in [1.82, 2.24) is 9.88 Å². The summed E-state index contributed by atoms with van der Waals surface area (Å²) < 4.78 is 7.44. The van der Waals surface area contributed by atoms with E-state index in [9.17, 15) is 9.59 Å². The predicted molar refractivity (Wildman–Crippen MR) is 96.7 cm³/mol. The minimum absolute atomic E-state index is 0.127. The van der Waals surface area contributed by atoms with E-state index >= 15 is 0 Å². The van der Waals surface area contributed by atoms with Crippen LogP contribution in [0.25, 0.3) is 0 Å². The van der Waals surface area contributed by atoms with E-state index in [1.807, 2.05) is 0 Å². The number of amides is 1. The average Bonchev–Trinajstić information content (AvgIpc) is 2.63. The largest absolute Gasteiger partial charge is 0.373 e. The van der Waals surface area contributed by atoms with E-state index in [1.165, 1.54) is 21.8 Å². The maximum atomic E-state index is 12.1. The number of ether oxygens (including phenoxy) is 1. The molecule has 1 aromatic carbocycles. The van der Waals surface area contributed by atoms with E-state index in [2.05, 4.69) is 29.6 Å². The zero-order valence-electron chi connectivity index (χ0n) is 14.5.